The molecule has 0 unspecified atom stereocenters. The zero-order valence-electron chi connectivity index (χ0n) is 10.4. The van der Waals surface area contributed by atoms with E-state index in [9.17, 15) is 13.2 Å². The van der Waals surface area contributed by atoms with Gasteiger partial charge in [-0.3, -0.25) is 0 Å². The van der Waals surface area contributed by atoms with Crippen LogP contribution in [-0.2, 0) is 0 Å². The predicted octanol–water partition coefficient (Wildman–Crippen LogP) is 4.38. The van der Waals surface area contributed by atoms with Gasteiger partial charge in [-0.05, 0) is 24.3 Å². The number of alkyl halides is 3. The molecule has 1 aromatic carbocycles. The topological polar surface area (TPSA) is 24.9 Å². The monoisotopic (exact) mass is 268 g/mol. The van der Waals surface area contributed by atoms with Crippen LogP contribution in [0.5, 0.6) is 0 Å². The summed E-state index contributed by atoms with van der Waals surface area (Å²) in [7, 11) is 0. The van der Waals surface area contributed by atoms with Gasteiger partial charge in [-0.1, -0.05) is 24.3 Å². The minimum atomic E-state index is -4.06. The summed E-state index contributed by atoms with van der Waals surface area (Å²) in [4.78, 5) is 4.22. The third-order valence-electron chi connectivity index (χ3n) is 2.85. The van der Waals surface area contributed by atoms with Gasteiger partial charge in [0.05, 0.1) is 0 Å². The van der Waals surface area contributed by atoms with Crippen molar-refractivity contribution in [1.29, 1.82) is 0 Å². The number of anilines is 1. The Morgan fingerprint density at radius 3 is 2.63 bits per heavy atom. The number of hydrogen-bond donors (Lipinski definition) is 1. The molecule has 102 valence electrons. The van der Waals surface area contributed by atoms with Crippen molar-refractivity contribution in [1.82, 2.24) is 4.98 Å². The third kappa shape index (κ3) is 4.12. The molecule has 0 aliphatic heterocycles. The van der Waals surface area contributed by atoms with E-state index in [0.717, 1.165) is 16.6 Å². The number of pyridine rings is 1. The van der Waals surface area contributed by atoms with Crippen LogP contribution in [-0.4, -0.2) is 17.7 Å². The molecule has 2 aromatic rings. The molecule has 0 saturated heterocycles. The highest BCUT2D eigenvalue weighted by atomic mass is 19.4. The van der Waals surface area contributed by atoms with Crippen molar-refractivity contribution in [2.24, 2.45) is 0 Å². The van der Waals surface area contributed by atoms with Crippen molar-refractivity contribution in [3.8, 4) is 0 Å². The standard InChI is InChI=1S/C14H15F3N2/c15-14(16,17)8-3-4-9-18-13-12-6-2-1-5-11(12)7-10-19-13/h1-2,5-7,10H,3-4,8-9H2,(H,18,19). The predicted molar refractivity (Wildman–Crippen MR) is 70.1 cm³/mol. The highest BCUT2D eigenvalue weighted by Crippen LogP contribution is 2.23. The number of nitrogens with one attached hydrogen (secondary N) is 1. The molecular weight excluding hydrogens is 253 g/mol. The summed E-state index contributed by atoms with van der Waals surface area (Å²) in [5.41, 5.74) is 0. The maximum atomic E-state index is 12.0. The van der Waals surface area contributed by atoms with E-state index in [0.29, 0.717) is 13.0 Å². The molecule has 0 fully saturated rings. The van der Waals surface area contributed by atoms with E-state index < -0.39 is 12.6 Å². The zero-order chi connectivity index (χ0) is 13.7. The molecule has 2 nitrogen and oxygen atoms in total. The van der Waals surface area contributed by atoms with Gasteiger partial charge in [0.1, 0.15) is 5.82 Å². The first-order chi connectivity index (χ1) is 9.06. The van der Waals surface area contributed by atoms with Crippen molar-refractivity contribution in [2.45, 2.75) is 25.4 Å². The molecule has 0 amide bonds. The Labute approximate surface area is 109 Å². The van der Waals surface area contributed by atoms with Crippen molar-refractivity contribution in [2.75, 3.05) is 11.9 Å². The lowest BCUT2D eigenvalue weighted by molar-refractivity contribution is -0.135. The molecule has 0 spiro atoms. The van der Waals surface area contributed by atoms with E-state index in [1.54, 1.807) is 6.20 Å². The highest BCUT2D eigenvalue weighted by Gasteiger charge is 2.25. The molecule has 5 heteroatoms. The Balaban J connectivity index is 1.88. The summed E-state index contributed by atoms with van der Waals surface area (Å²) in [5, 5.41) is 5.15. The zero-order valence-corrected chi connectivity index (χ0v) is 10.4. The average Bonchev–Trinajstić information content (AvgIpc) is 2.37. The Morgan fingerprint density at radius 1 is 1.05 bits per heavy atom. The first-order valence-corrected chi connectivity index (χ1v) is 6.21. The molecule has 0 bridgehead atoms. The van der Waals surface area contributed by atoms with Crippen LogP contribution in [0.25, 0.3) is 10.8 Å². The number of rotatable bonds is 5. The molecule has 1 heterocycles. The number of aromatic nitrogens is 1. The molecule has 1 N–H and O–H groups in total. The summed E-state index contributed by atoms with van der Waals surface area (Å²) in [6.07, 6.45) is -2.47. The number of fused-ring (bicyclic) bond motifs is 1. The van der Waals surface area contributed by atoms with Gasteiger partial charge in [-0.15, -0.1) is 0 Å². The van der Waals surface area contributed by atoms with E-state index in [2.05, 4.69) is 10.3 Å². The van der Waals surface area contributed by atoms with Crippen molar-refractivity contribution in [3.05, 3.63) is 36.5 Å². The van der Waals surface area contributed by atoms with E-state index in [1.165, 1.54) is 0 Å². The molecule has 0 aliphatic carbocycles. The first-order valence-electron chi connectivity index (χ1n) is 6.21. The Kier molecular flexibility index (Phi) is 4.24. The normalized spacial score (nSPS) is 11.7. The van der Waals surface area contributed by atoms with Crippen LogP contribution in [0.4, 0.5) is 19.0 Å². The minimum Gasteiger partial charge on any atom is -0.370 e. The second kappa shape index (κ2) is 5.91. The van der Waals surface area contributed by atoms with Crippen LogP contribution in [0, 0.1) is 0 Å². The van der Waals surface area contributed by atoms with Crippen LogP contribution in [0.3, 0.4) is 0 Å². The van der Waals surface area contributed by atoms with Gasteiger partial charge >= 0.3 is 6.18 Å². The largest absolute Gasteiger partial charge is 0.389 e. The van der Waals surface area contributed by atoms with Crippen LogP contribution in [0.2, 0.25) is 0 Å². The van der Waals surface area contributed by atoms with Crippen LogP contribution in [0.1, 0.15) is 19.3 Å². The van der Waals surface area contributed by atoms with Gasteiger partial charge in [0.2, 0.25) is 0 Å². The molecule has 0 radical (unpaired) electrons. The van der Waals surface area contributed by atoms with E-state index in [1.807, 2.05) is 30.3 Å². The third-order valence-corrected chi connectivity index (χ3v) is 2.85. The van der Waals surface area contributed by atoms with Crippen LogP contribution < -0.4 is 5.32 Å². The number of unbranched alkanes of at least 4 members (excludes halogenated alkanes) is 1. The number of nitrogens with zero attached hydrogens (tertiary/aromatic N) is 1. The van der Waals surface area contributed by atoms with Crippen LogP contribution in [0.15, 0.2) is 36.5 Å². The van der Waals surface area contributed by atoms with Crippen molar-refractivity contribution < 1.29 is 13.2 Å². The molecule has 19 heavy (non-hydrogen) atoms. The maximum Gasteiger partial charge on any atom is 0.389 e. The summed E-state index contributed by atoms with van der Waals surface area (Å²) < 4.78 is 35.9. The van der Waals surface area contributed by atoms with Gasteiger partial charge in [0.15, 0.2) is 0 Å². The van der Waals surface area contributed by atoms with Gasteiger partial charge in [0.25, 0.3) is 0 Å². The maximum absolute atomic E-state index is 12.0. The smallest absolute Gasteiger partial charge is 0.370 e. The number of benzene rings is 1. The van der Waals surface area contributed by atoms with Crippen molar-refractivity contribution >= 4 is 16.6 Å². The van der Waals surface area contributed by atoms with E-state index in [4.69, 9.17) is 0 Å². The summed E-state index contributed by atoms with van der Waals surface area (Å²) in [5.74, 6) is 0.727. The Morgan fingerprint density at radius 2 is 1.84 bits per heavy atom. The highest BCUT2D eigenvalue weighted by molar-refractivity contribution is 5.91. The number of hydrogen-bond acceptors (Lipinski definition) is 2. The van der Waals surface area contributed by atoms with E-state index in [-0.39, 0.29) is 6.42 Å². The molecule has 0 aliphatic rings. The second-order valence-corrected chi connectivity index (χ2v) is 4.38. The fourth-order valence-electron chi connectivity index (χ4n) is 1.92. The fourth-order valence-corrected chi connectivity index (χ4v) is 1.92. The fraction of sp³-hybridized carbons (Fsp3) is 0.357. The van der Waals surface area contributed by atoms with E-state index >= 15 is 0 Å². The quantitative estimate of drug-likeness (QED) is 0.814. The van der Waals surface area contributed by atoms with Gasteiger partial charge < -0.3 is 5.32 Å². The molecule has 2 rings (SSSR count). The summed E-state index contributed by atoms with van der Waals surface area (Å²) in [6.45, 7) is 0.497. The lowest BCUT2D eigenvalue weighted by Crippen LogP contribution is -2.09. The summed E-state index contributed by atoms with van der Waals surface area (Å²) in [6, 6.07) is 9.69. The summed E-state index contributed by atoms with van der Waals surface area (Å²) >= 11 is 0. The Hall–Kier alpha value is -1.78. The molecular formula is C14H15F3N2. The van der Waals surface area contributed by atoms with Gasteiger partial charge in [0, 0.05) is 24.5 Å². The first kappa shape index (κ1) is 13.6. The second-order valence-electron chi connectivity index (χ2n) is 4.38. The lowest BCUT2D eigenvalue weighted by atomic mass is 10.1. The SMILES string of the molecule is FC(F)(F)CCCCNc1nccc2ccccc12. The molecule has 0 atom stereocenters. The van der Waals surface area contributed by atoms with Crippen LogP contribution >= 0.6 is 0 Å². The van der Waals surface area contributed by atoms with Gasteiger partial charge in [-0.2, -0.15) is 13.2 Å². The molecule has 0 saturated carbocycles. The lowest BCUT2D eigenvalue weighted by Gasteiger charge is -2.09. The average molecular weight is 268 g/mol. The van der Waals surface area contributed by atoms with Gasteiger partial charge in [-0.25, -0.2) is 4.98 Å². The van der Waals surface area contributed by atoms with Crippen molar-refractivity contribution in [3.63, 3.8) is 0 Å². The minimum absolute atomic E-state index is 0.140. The Bertz CT molecular complexity index is 532. The molecule has 1 aromatic heterocycles. The number of halogens is 3.